The van der Waals surface area contributed by atoms with Crippen molar-refractivity contribution in [3.63, 3.8) is 0 Å². The Balaban J connectivity index is 1.75. The van der Waals surface area contributed by atoms with Crippen molar-refractivity contribution in [2.45, 2.75) is 18.9 Å². The molecular weight excluding hydrogens is 250 g/mol. The van der Waals surface area contributed by atoms with Crippen molar-refractivity contribution in [2.24, 2.45) is 11.8 Å². The number of nitrogens with two attached hydrogens (primary N) is 1. The van der Waals surface area contributed by atoms with E-state index in [1.807, 2.05) is 24.5 Å². The first-order valence-corrected chi connectivity index (χ1v) is 7.29. The van der Waals surface area contributed by atoms with Crippen LogP contribution in [0.4, 0.5) is 11.4 Å². The van der Waals surface area contributed by atoms with Gasteiger partial charge in [0.2, 0.25) is 0 Å². The third-order valence-electron chi connectivity index (χ3n) is 4.99. The lowest BCUT2D eigenvalue weighted by molar-refractivity contribution is 0.133. The van der Waals surface area contributed by atoms with E-state index in [4.69, 9.17) is 5.73 Å². The fourth-order valence-corrected chi connectivity index (χ4v) is 3.91. The molecule has 0 spiro atoms. The maximum atomic E-state index is 10.1. The number of hydrogen-bond acceptors (Lipinski definition) is 4. The van der Waals surface area contributed by atoms with Crippen LogP contribution in [0.15, 0.2) is 30.6 Å². The Bertz CT molecular complexity index is 657. The predicted molar refractivity (Wildman–Crippen MR) is 80.6 cm³/mol. The molecule has 1 aliphatic carbocycles. The maximum Gasteiger partial charge on any atom is 0.0588 e. The molecular formula is C16H19N3O. The van der Waals surface area contributed by atoms with Gasteiger partial charge in [0, 0.05) is 53.5 Å². The Kier molecular flexibility index (Phi) is 2.60. The van der Waals surface area contributed by atoms with Gasteiger partial charge in [-0.3, -0.25) is 4.98 Å². The summed E-state index contributed by atoms with van der Waals surface area (Å²) in [4.78, 5) is 6.57. The number of nitrogen functional groups attached to an aromatic ring is 1. The Morgan fingerprint density at radius 1 is 1.15 bits per heavy atom. The minimum absolute atomic E-state index is 0.119. The molecule has 2 aromatic rings. The number of hydrogen-bond donors (Lipinski definition) is 2. The highest BCUT2D eigenvalue weighted by molar-refractivity contribution is 6.00. The van der Waals surface area contributed by atoms with Gasteiger partial charge in [-0.2, -0.15) is 0 Å². The summed E-state index contributed by atoms with van der Waals surface area (Å²) >= 11 is 0. The maximum absolute atomic E-state index is 10.1. The van der Waals surface area contributed by atoms with Crippen molar-refractivity contribution >= 4 is 22.1 Å². The molecule has 1 aromatic heterocycles. The molecule has 4 heteroatoms. The van der Waals surface area contributed by atoms with Crippen LogP contribution in [0.1, 0.15) is 12.8 Å². The summed E-state index contributed by atoms with van der Waals surface area (Å²) in [6, 6.07) is 6.10. The molecule has 0 bridgehead atoms. The molecule has 3 N–H and O–H groups in total. The van der Waals surface area contributed by atoms with Gasteiger partial charge in [-0.1, -0.05) is 0 Å². The molecule has 2 fully saturated rings. The normalized spacial score (nSPS) is 29.1. The number of aromatic nitrogens is 1. The Labute approximate surface area is 118 Å². The molecule has 3 unspecified atom stereocenters. The van der Waals surface area contributed by atoms with Crippen LogP contribution in [0.2, 0.25) is 0 Å². The van der Waals surface area contributed by atoms with Crippen molar-refractivity contribution < 1.29 is 5.11 Å². The molecule has 3 atom stereocenters. The van der Waals surface area contributed by atoms with E-state index in [1.165, 1.54) is 5.69 Å². The topological polar surface area (TPSA) is 62.4 Å². The molecule has 2 aliphatic rings. The third kappa shape index (κ3) is 1.68. The van der Waals surface area contributed by atoms with Gasteiger partial charge in [0.05, 0.1) is 6.10 Å². The molecule has 2 heterocycles. The Morgan fingerprint density at radius 3 is 2.90 bits per heavy atom. The van der Waals surface area contributed by atoms with E-state index in [9.17, 15) is 5.11 Å². The summed E-state index contributed by atoms with van der Waals surface area (Å²) in [7, 11) is 0. The van der Waals surface area contributed by atoms with Crippen LogP contribution in [0.25, 0.3) is 10.8 Å². The molecule has 1 saturated carbocycles. The number of anilines is 2. The van der Waals surface area contributed by atoms with Crippen LogP contribution in [-0.4, -0.2) is 29.3 Å². The lowest BCUT2D eigenvalue weighted by Crippen LogP contribution is -2.24. The minimum Gasteiger partial charge on any atom is -0.398 e. The van der Waals surface area contributed by atoms with Gasteiger partial charge in [0.15, 0.2) is 0 Å². The van der Waals surface area contributed by atoms with Crippen molar-refractivity contribution in [1.29, 1.82) is 0 Å². The minimum atomic E-state index is -0.119. The van der Waals surface area contributed by atoms with Gasteiger partial charge in [-0.05, 0) is 37.0 Å². The fraction of sp³-hybridized carbons (Fsp3) is 0.438. The van der Waals surface area contributed by atoms with E-state index in [2.05, 4.69) is 16.0 Å². The molecule has 20 heavy (non-hydrogen) atoms. The summed E-state index contributed by atoms with van der Waals surface area (Å²) in [6.45, 7) is 2.00. The fourth-order valence-electron chi connectivity index (χ4n) is 3.91. The average Bonchev–Trinajstić information content (AvgIpc) is 3.02. The van der Waals surface area contributed by atoms with Crippen LogP contribution < -0.4 is 10.6 Å². The molecule has 1 aliphatic heterocycles. The molecule has 1 saturated heterocycles. The van der Waals surface area contributed by atoms with Crippen LogP contribution in [0.5, 0.6) is 0 Å². The van der Waals surface area contributed by atoms with Crippen molar-refractivity contribution in [2.75, 3.05) is 23.7 Å². The van der Waals surface area contributed by atoms with Gasteiger partial charge in [-0.15, -0.1) is 0 Å². The smallest absolute Gasteiger partial charge is 0.0588 e. The highest BCUT2D eigenvalue weighted by atomic mass is 16.3. The molecule has 4 rings (SSSR count). The predicted octanol–water partition coefficient (Wildman–Crippen LogP) is 2.02. The number of rotatable bonds is 1. The van der Waals surface area contributed by atoms with Crippen molar-refractivity contribution in [3.05, 3.63) is 30.6 Å². The number of fused-ring (bicyclic) bond motifs is 2. The van der Waals surface area contributed by atoms with Gasteiger partial charge in [-0.25, -0.2) is 0 Å². The highest BCUT2D eigenvalue weighted by Gasteiger charge is 2.42. The van der Waals surface area contributed by atoms with Crippen molar-refractivity contribution in [1.82, 2.24) is 4.98 Å². The second kappa shape index (κ2) is 4.35. The molecule has 0 radical (unpaired) electrons. The second-order valence-corrected chi connectivity index (χ2v) is 6.07. The number of nitrogens with zero attached hydrogens (tertiary/aromatic N) is 2. The SMILES string of the molecule is Nc1ccc(N2CC3CCC(O)C3C2)c2ccncc12. The largest absolute Gasteiger partial charge is 0.398 e. The zero-order valence-corrected chi connectivity index (χ0v) is 11.4. The summed E-state index contributed by atoms with van der Waals surface area (Å²) in [5, 5.41) is 12.2. The highest BCUT2D eigenvalue weighted by Crippen LogP contribution is 2.41. The van der Waals surface area contributed by atoms with Gasteiger partial charge in [0.25, 0.3) is 0 Å². The molecule has 4 nitrogen and oxygen atoms in total. The van der Waals surface area contributed by atoms with Crippen LogP contribution in [-0.2, 0) is 0 Å². The zero-order chi connectivity index (χ0) is 13.7. The van der Waals surface area contributed by atoms with Crippen molar-refractivity contribution in [3.8, 4) is 0 Å². The number of aliphatic hydroxyl groups is 1. The van der Waals surface area contributed by atoms with Crippen LogP contribution in [0, 0.1) is 11.8 Å². The number of benzene rings is 1. The van der Waals surface area contributed by atoms with E-state index in [0.29, 0.717) is 11.8 Å². The van der Waals surface area contributed by atoms with E-state index < -0.39 is 0 Å². The zero-order valence-electron chi connectivity index (χ0n) is 11.4. The monoisotopic (exact) mass is 269 g/mol. The summed E-state index contributed by atoms with van der Waals surface area (Å²) < 4.78 is 0. The summed E-state index contributed by atoms with van der Waals surface area (Å²) in [5.41, 5.74) is 8.03. The third-order valence-corrected chi connectivity index (χ3v) is 4.99. The number of aliphatic hydroxyl groups excluding tert-OH is 1. The summed E-state index contributed by atoms with van der Waals surface area (Å²) in [6.07, 6.45) is 5.65. The lowest BCUT2D eigenvalue weighted by Gasteiger charge is -2.22. The Morgan fingerprint density at radius 2 is 2.05 bits per heavy atom. The van der Waals surface area contributed by atoms with E-state index in [1.54, 1.807) is 0 Å². The van der Waals surface area contributed by atoms with Crippen LogP contribution >= 0.6 is 0 Å². The molecule has 1 aromatic carbocycles. The molecule has 0 amide bonds. The average molecular weight is 269 g/mol. The van der Waals surface area contributed by atoms with E-state index in [-0.39, 0.29) is 6.10 Å². The first kappa shape index (κ1) is 12.0. The summed E-state index contributed by atoms with van der Waals surface area (Å²) in [5.74, 6) is 1.07. The first-order valence-electron chi connectivity index (χ1n) is 7.29. The van der Waals surface area contributed by atoms with E-state index in [0.717, 1.165) is 42.4 Å². The lowest BCUT2D eigenvalue weighted by atomic mass is 10.00. The standard InChI is InChI=1S/C16H19N3O/c17-14-2-3-15(11-5-6-18-7-12(11)14)19-8-10-1-4-16(20)13(10)9-19/h2-3,5-7,10,13,16,20H,1,4,8-9,17H2. The van der Waals surface area contributed by atoms with Crippen LogP contribution in [0.3, 0.4) is 0 Å². The number of pyridine rings is 1. The second-order valence-electron chi connectivity index (χ2n) is 6.07. The van der Waals surface area contributed by atoms with Gasteiger partial charge in [0.1, 0.15) is 0 Å². The van der Waals surface area contributed by atoms with Gasteiger partial charge >= 0.3 is 0 Å². The van der Waals surface area contributed by atoms with E-state index >= 15 is 0 Å². The van der Waals surface area contributed by atoms with Gasteiger partial charge < -0.3 is 15.7 Å². The molecule has 104 valence electrons. The first-order chi connectivity index (χ1) is 9.74. The quantitative estimate of drug-likeness (QED) is 0.778. The Hall–Kier alpha value is -1.81.